The summed E-state index contributed by atoms with van der Waals surface area (Å²) in [6, 6.07) is 5.62. The maximum absolute atomic E-state index is 12.3. The molecule has 1 aromatic heterocycles. The molecule has 0 bridgehead atoms. The lowest BCUT2D eigenvalue weighted by atomic mass is 10.2. The summed E-state index contributed by atoms with van der Waals surface area (Å²) in [5.41, 5.74) is 0.671. The van der Waals surface area contributed by atoms with Crippen LogP contribution < -0.4 is 10.5 Å². The fourth-order valence-electron chi connectivity index (χ4n) is 2.27. The van der Waals surface area contributed by atoms with E-state index in [4.69, 9.17) is 0 Å². The van der Waals surface area contributed by atoms with Crippen LogP contribution in [0.1, 0.15) is 39.5 Å². The summed E-state index contributed by atoms with van der Waals surface area (Å²) < 4.78 is 0.892. The summed E-state index contributed by atoms with van der Waals surface area (Å²) in [6.07, 6.45) is 4.47. The number of hydrogen-bond donors (Lipinski definition) is 1. The number of aromatic nitrogens is 2. The minimum Gasteiger partial charge on any atom is -0.342 e. The topological polar surface area (TPSA) is 49.0 Å². The van der Waals surface area contributed by atoms with Gasteiger partial charge in [-0.3, -0.25) is 9.78 Å². The first-order chi connectivity index (χ1) is 10.2. The molecule has 0 atom stereocenters. The van der Waals surface area contributed by atoms with E-state index < -0.39 is 0 Å². The number of hydrogen-bond acceptors (Lipinski definition) is 3. The highest BCUT2D eigenvalue weighted by atomic mass is 79.9. The van der Waals surface area contributed by atoms with Crippen LogP contribution in [0.5, 0.6) is 0 Å². The molecule has 0 aliphatic carbocycles. The molecule has 0 saturated heterocycles. The van der Waals surface area contributed by atoms with Crippen molar-refractivity contribution >= 4 is 32.8 Å². The van der Waals surface area contributed by atoms with Crippen molar-refractivity contribution in [2.75, 3.05) is 18.0 Å². The summed E-state index contributed by atoms with van der Waals surface area (Å²) in [5.74, 6) is 0.691. The normalized spacial score (nSPS) is 11.0. The third kappa shape index (κ3) is 4.06. The molecule has 0 saturated carbocycles. The lowest BCUT2D eigenvalue weighted by molar-refractivity contribution is 0.663. The van der Waals surface area contributed by atoms with Gasteiger partial charge in [-0.1, -0.05) is 42.6 Å². The third-order valence-corrected chi connectivity index (χ3v) is 4.01. The summed E-state index contributed by atoms with van der Waals surface area (Å²) in [7, 11) is 0. The number of rotatable bonds is 7. The molecular weight excluding hydrogens is 330 g/mol. The van der Waals surface area contributed by atoms with E-state index in [2.05, 4.69) is 44.6 Å². The first-order valence-electron chi connectivity index (χ1n) is 7.60. The monoisotopic (exact) mass is 351 g/mol. The minimum atomic E-state index is -0.0747. The summed E-state index contributed by atoms with van der Waals surface area (Å²) in [5, 5.41) is 0.624. The number of fused-ring (bicyclic) bond motifs is 1. The molecule has 5 heteroatoms. The van der Waals surface area contributed by atoms with Crippen molar-refractivity contribution in [1.29, 1.82) is 0 Å². The number of H-pyrrole nitrogens is 1. The lowest BCUT2D eigenvalue weighted by Crippen LogP contribution is -2.29. The maximum Gasteiger partial charge on any atom is 0.260 e. The smallest absolute Gasteiger partial charge is 0.260 e. The molecule has 0 amide bonds. The van der Waals surface area contributed by atoms with E-state index in [9.17, 15) is 4.79 Å². The Labute approximate surface area is 133 Å². The molecule has 0 radical (unpaired) electrons. The van der Waals surface area contributed by atoms with Gasteiger partial charge in [-0.05, 0) is 31.0 Å². The van der Waals surface area contributed by atoms with Crippen LogP contribution in [0.2, 0.25) is 0 Å². The standard InChI is InChI=1S/C16H22BrN3O/c1-3-5-9-20(10-6-4-2)16-18-14-8-7-12(17)11-13(14)15(21)19-16/h7-8,11H,3-6,9-10H2,1-2H3,(H,18,19,21). The van der Waals surface area contributed by atoms with Gasteiger partial charge in [-0.2, -0.15) is 0 Å². The van der Waals surface area contributed by atoms with E-state index >= 15 is 0 Å². The molecule has 0 fully saturated rings. The Kier molecular flexibility index (Phi) is 5.79. The quantitative estimate of drug-likeness (QED) is 0.816. The second kappa shape index (κ2) is 7.59. The molecule has 2 aromatic rings. The van der Waals surface area contributed by atoms with Gasteiger partial charge >= 0.3 is 0 Å². The third-order valence-electron chi connectivity index (χ3n) is 3.52. The van der Waals surface area contributed by atoms with Gasteiger partial charge in [0.05, 0.1) is 10.9 Å². The van der Waals surface area contributed by atoms with Crippen molar-refractivity contribution in [1.82, 2.24) is 9.97 Å². The van der Waals surface area contributed by atoms with Crippen LogP contribution in [0.4, 0.5) is 5.95 Å². The molecule has 2 rings (SSSR count). The van der Waals surface area contributed by atoms with Crippen molar-refractivity contribution in [3.8, 4) is 0 Å². The zero-order chi connectivity index (χ0) is 15.2. The van der Waals surface area contributed by atoms with Crippen molar-refractivity contribution in [3.63, 3.8) is 0 Å². The molecule has 114 valence electrons. The second-order valence-electron chi connectivity index (χ2n) is 5.25. The Morgan fingerprint density at radius 3 is 2.48 bits per heavy atom. The molecule has 1 aromatic carbocycles. The number of nitrogens with zero attached hydrogens (tertiary/aromatic N) is 2. The zero-order valence-corrected chi connectivity index (χ0v) is 14.2. The van der Waals surface area contributed by atoms with E-state index in [1.165, 1.54) is 0 Å². The Balaban J connectivity index is 2.37. The van der Waals surface area contributed by atoms with Gasteiger partial charge in [0.2, 0.25) is 5.95 Å². The second-order valence-corrected chi connectivity index (χ2v) is 6.16. The molecule has 1 N–H and O–H groups in total. The summed E-state index contributed by atoms with van der Waals surface area (Å²) >= 11 is 3.39. The van der Waals surface area contributed by atoms with Gasteiger partial charge in [-0.15, -0.1) is 0 Å². The van der Waals surface area contributed by atoms with Crippen LogP contribution in [0.3, 0.4) is 0 Å². The molecular formula is C16H22BrN3O. The van der Waals surface area contributed by atoms with Gasteiger partial charge in [0.25, 0.3) is 5.56 Å². The average Bonchev–Trinajstić information content (AvgIpc) is 2.48. The molecule has 4 nitrogen and oxygen atoms in total. The summed E-state index contributed by atoms with van der Waals surface area (Å²) in [4.78, 5) is 22.0. The largest absolute Gasteiger partial charge is 0.342 e. The van der Waals surface area contributed by atoms with Gasteiger partial charge in [-0.25, -0.2) is 4.98 Å². The Hall–Kier alpha value is -1.36. The number of nitrogens with one attached hydrogen (secondary N) is 1. The van der Waals surface area contributed by atoms with E-state index in [-0.39, 0.29) is 5.56 Å². The van der Waals surface area contributed by atoms with Crippen LogP contribution in [0.15, 0.2) is 27.5 Å². The number of halogens is 1. The molecule has 21 heavy (non-hydrogen) atoms. The zero-order valence-electron chi connectivity index (χ0n) is 12.7. The van der Waals surface area contributed by atoms with Crippen molar-refractivity contribution in [3.05, 3.63) is 33.0 Å². The fraction of sp³-hybridized carbons (Fsp3) is 0.500. The molecule has 1 heterocycles. The number of benzene rings is 1. The van der Waals surface area contributed by atoms with E-state index in [1.807, 2.05) is 18.2 Å². The minimum absolute atomic E-state index is 0.0747. The SMILES string of the molecule is CCCCN(CCCC)c1nc2ccc(Br)cc2c(=O)[nH]1. The van der Waals surface area contributed by atoms with Crippen LogP contribution in [-0.4, -0.2) is 23.1 Å². The molecule has 0 spiro atoms. The van der Waals surface area contributed by atoms with Crippen LogP contribution >= 0.6 is 15.9 Å². The van der Waals surface area contributed by atoms with Gasteiger partial charge in [0.1, 0.15) is 0 Å². The lowest BCUT2D eigenvalue weighted by Gasteiger charge is -2.23. The number of unbranched alkanes of at least 4 members (excludes halogenated alkanes) is 2. The van der Waals surface area contributed by atoms with E-state index in [0.717, 1.165) is 48.8 Å². The predicted octanol–water partition coefficient (Wildman–Crippen LogP) is 4.09. The number of aromatic amines is 1. The van der Waals surface area contributed by atoms with Crippen molar-refractivity contribution < 1.29 is 0 Å². The van der Waals surface area contributed by atoms with Gasteiger partial charge < -0.3 is 4.90 Å². The van der Waals surface area contributed by atoms with Crippen molar-refractivity contribution in [2.24, 2.45) is 0 Å². The fourth-order valence-corrected chi connectivity index (χ4v) is 2.63. The van der Waals surface area contributed by atoms with E-state index in [1.54, 1.807) is 0 Å². The molecule has 0 aliphatic rings. The first-order valence-corrected chi connectivity index (χ1v) is 8.39. The first kappa shape index (κ1) is 16.0. The maximum atomic E-state index is 12.3. The highest BCUT2D eigenvalue weighted by Crippen LogP contribution is 2.17. The van der Waals surface area contributed by atoms with Crippen LogP contribution in [0, 0.1) is 0 Å². The predicted molar refractivity (Wildman–Crippen MR) is 92.1 cm³/mol. The Bertz CT molecular complexity index is 646. The Morgan fingerprint density at radius 1 is 1.19 bits per heavy atom. The van der Waals surface area contributed by atoms with Crippen LogP contribution in [-0.2, 0) is 0 Å². The molecule has 0 aliphatic heterocycles. The van der Waals surface area contributed by atoms with Crippen LogP contribution in [0.25, 0.3) is 10.9 Å². The summed E-state index contributed by atoms with van der Waals surface area (Å²) in [6.45, 7) is 6.21. The Morgan fingerprint density at radius 2 is 1.86 bits per heavy atom. The average molecular weight is 352 g/mol. The number of anilines is 1. The highest BCUT2D eigenvalue weighted by Gasteiger charge is 2.11. The van der Waals surface area contributed by atoms with Crippen molar-refractivity contribution in [2.45, 2.75) is 39.5 Å². The highest BCUT2D eigenvalue weighted by molar-refractivity contribution is 9.10. The van der Waals surface area contributed by atoms with Gasteiger partial charge in [0, 0.05) is 17.6 Å². The van der Waals surface area contributed by atoms with E-state index in [0.29, 0.717) is 11.3 Å². The van der Waals surface area contributed by atoms with Gasteiger partial charge in [0.15, 0.2) is 0 Å². The molecule has 0 unspecified atom stereocenters.